The molecule has 172 valence electrons. The van der Waals surface area contributed by atoms with Crippen molar-refractivity contribution in [3.63, 3.8) is 0 Å². The van der Waals surface area contributed by atoms with Gasteiger partial charge in [-0.2, -0.15) is 0 Å². The summed E-state index contributed by atoms with van der Waals surface area (Å²) in [6.45, 7) is 9.45. The topological polar surface area (TPSA) is 72.5 Å². The van der Waals surface area contributed by atoms with Gasteiger partial charge in [-0.15, -0.1) is 0 Å². The molecule has 0 aromatic heterocycles. The Kier molecular flexibility index (Phi) is 7.48. The molecule has 3 rings (SSSR count). The second kappa shape index (κ2) is 9.77. The normalized spacial score (nSPS) is 16.3. The zero-order valence-electron chi connectivity index (χ0n) is 18.8. The van der Waals surface area contributed by atoms with Crippen molar-refractivity contribution in [3.05, 3.63) is 70.3 Å². The van der Waals surface area contributed by atoms with Gasteiger partial charge in [-0.25, -0.2) is 13.1 Å². The lowest BCUT2D eigenvalue weighted by atomic mass is 9.83. The van der Waals surface area contributed by atoms with Crippen LogP contribution in [0.15, 0.2) is 47.9 Å². The molecule has 2 aromatic carbocycles. The Morgan fingerprint density at radius 2 is 1.94 bits per heavy atom. The Bertz CT molecular complexity index is 1100. The predicted octanol–water partition coefficient (Wildman–Crippen LogP) is 5.09. The molecule has 2 aromatic rings. The van der Waals surface area contributed by atoms with Gasteiger partial charge in [0.05, 0.1) is 4.90 Å². The number of halogens is 1. The molecule has 1 N–H and O–H groups in total. The fraction of sp³-hybridized carbons (Fsp3) is 0.400. The smallest absolute Gasteiger partial charge is 0.306 e. The van der Waals surface area contributed by atoms with Gasteiger partial charge in [0.2, 0.25) is 10.0 Å². The first-order valence-corrected chi connectivity index (χ1v) is 12.6. The number of carbonyl (C=O) groups excluding carboxylic acids is 1. The number of rotatable bonds is 7. The summed E-state index contributed by atoms with van der Waals surface area (Å²) in [7, 11) is -3.63. The quantitative estimate of drug-likeness (QED) is 0.566. The van der Waals surface area contributed by atoms with Crippen LogP contribution >= 0.6 is 11.6 Å². The van der Waals surface area contributed by atoms with Crippen molar-refractivity contribution in [2.24, 2.45) is 0 Å². The number of hydrogen-bond acceptors (Lipinski definition) is 4. The van der Waals surface area contributed by atoms with Crippen LogP contribution < -0.4 is 4.72 Å². The average molecular weight is 476 g/mol. The average Bonchev–Trinajstić information content (AvgIpc) is 2.70. The van der Waals surface area contributed by atoms with E-state index in [1.54, 1.807) is 18.2 Å². The summed E-state index contributed by atoms with van der Waals surface area (Å²) in [5.41, 5.74) is 3.85. The molecule has 0 amide bonds. The molecule has 1 unspecified atom stereocenters. The Morgan fingerprint density at radius 3 is 2.56 bits per heavy atom. The minimum Gasteiger partial charge on any atom is -0.460 e. The highest BCUT2D eigenvalue weighted by atomic mass is 35.5. The number of aryl methyl sites for hydroxylation is 1. The van der Waals surface area contributed by atoms with Crippen molar-refractivity contribution in [2.45, 2.75) is 69.4 Å². The third-order valence-electron chi connectivity index (χ3n) is 5.37. The molecule has 0 fully saturated rings. The lowest BCUT2D eigenvalue weighted by Gasteiger charge is -2.28. The summed E-state index contributed by atoms with van der Waals surface area (Å²) in [6, 6.07) is 10.1. The van der Waals surface area contributed by atoms with Gasteiger partial charge in [0.25, 0.3) is 0 Å². The molecule has 7 heteroatoms. The first-order chi connectivity index (χ1) is 15.0. The van der Waals surface area contributed by atoms with Gasteiger partial charge >= 0.3 is 5.97 Å². The molecule has 0 aliphatic heterocycles. The molecule has 0 bridgehead atoms. The van der Waals surface area contributed by atoms with Crippen LogP contribution in [0.25, 0.3) is 6.08 Å². The molecule has 1 atom stereocenters. The van der Waals surface area contributed by atoms with Crippen LogP contribution in [0.5, 0.6) is 0 Å². The third kappa shape index (κ3) is 6.44. The Hall–Kier alpha value is -2.15. The largest absolute Gasteiger partial charge is 0.460 e. The summed E-state index contributed by atoms with van der Waals surface area (Å²) < 4.78 is 33.8. The number of benzene rings is 2. The van der Waals surface area contributed by atoms with Crippen molar-refractivity contribution in [3.8, 4) is 0 Å². The first-order valence-electron chi connectivity index (χ1n) is 10.7. The van der Waals surface area contributed by atoms with Gasteiger partial charge in [-0.3, -0.25) is 4.79 Å². The number of carbonyl (C=O) groups is 1. The second-order valence-electron chi connectivity index (χ2n) is 9.12. The van der Waals surface area contributed by atoms with E-state index in [2.05, 4.69) is 23.4 Å². The van der Waals surface area contributed by atoms with E-state index in [-0.39, 0.29) is 16.9 Å². The Balaban J connectivity index is 1.75. The standard InChI is InChI=1S/C25H30ClNO4S/c1-5-17-14-18(6-13-24(28)31-25(2,3)4)23-12-9-21(16-19(23)15-17)27-32(29,30)22-10-7-20(26)8-11-22/h5,7-8,10-11,14-15,21,27H,1,6,9,12-13,16H2,2-4H3. The molecule has 0 saturated carbocycles. The van der Waals surface area contributed by atoms with Crippen molar-refractivity contribution in [2.75, 3.05) is 0 Å². The van der Waals surface area contributed by atoms with Crippen molar-refractivity contribution >= 4 is 33.7 Å². The van der Waals surface area contributed by atoms with Gasteiger partial charge in [0.1, 0.15) is 5.60 Å². The molecule has 0 radical (unpaired) electrons. The molecule has 1 aliphatic carbocycles. The zero-order valence-corrected chi connectivity index (χ0v) is 20.4. The molecule has 0 saturated heterocycles. The van der Waals surface area contributed by atoms with Gasteiger partial charge in [0, 0.05) is 17.5 Å². The second-order valence-corrected chi connectivity index (χ2v) is 11.3. The van der Waals surface area contributed by atoms with Crippen LogP contribution in [0.4, 0.5) is 0 Å². The predicted molar refractivity (Wildman–Crippen MR) is 128 cm³/mol. The number of nitrogens with one attached hydrogen (secondary N) is 1. The summed E-state index contributed by atoms with van der Waals surface area (Å²) in [5.74, 6) is -0.223. The van der Waals surface area contributed by atoms with Gasteiger partial charge in [-0.1, -0.05) is 36.4 Å². The highest BCUT2D eigenvalue weighted by Gasteiger charge is 2.26. The van der Waals surface area contributed by atoms with E-state index in [1.807, 2.05) is 20.8 Å². The van der Waals surface area contributed by atoms with Crippen LogP contribution in [0.3, 0.4) is 0 Å². The molecule has 0 heterocycles. The number of ether oxygens (including phenoxy) is 1. The summed E-state index contributed by atoms with van der Waals surface area (Å²) in [6.07, 6.45) is 4.68. The van der Waals surface area contributed by atoms with E-state index in [0.717, 1.165) is 23.1 Å². The van der Waals surface area contributed by atoms with E-state index in [0.29, 0.717) is 30.7 Å². The highest BCUT2D eigenvalue weighted by molar-refractivity contribution is 7.89. The molecular weight excluding hydrogens is 446 g/mol. The van der Waals surface area contributed by atoms with Crippen LogP contribution in [-0.2, 0) is 38.8 Å². The number of esters is 1. The highest BCUT2D eigenvalue weighted by Crippen LogP contribution is 2.29. The lowest BCUT2D eigenvalue weighted by Crippen LogP contribution is -2.39. The van der Waals surface area contributed by atoms with Crippen molar-refractivity contribution in [1.82, 2.24) is 4.72 Å². The maximum absolute atomic E-state index is 12.8. The van der Waals surface area contributed by atoms with Gasteiger partial charge in [0.15, 0.2) is 0 Å². The summed E-state index contributed by atoms with van der Waals surface area (Å²) in [4.78, 5) is 12.4. The molecule has 1 aliphatic rings. The Morgan fingerprint density at radius 1 is 1.25 bits per heavy atom. The van der Waals surface area contributed by atoms with Crippen molar-refractivity contribution < 1.29 is 17.9 Å². The molecular formula is C25H30ClNO4S. The molecule has 32 heavy (non-hydrogen) atoms. The maximum atomic E-state index is 12.8. The van der Waals surface area contributed by atoms with Crippen molar-refractivity contribution in [1.29, 1.82) is 0 Å². The van der Waals surface area contributed by atoms with E-state index >= 15 is 0 Å². The lowest BCUT2D eigenvalue weighted by molar-refractivity contribution is -0.154. The van der Waals surface area contributed by atoms with E-state index < -0.39 is 15.6 Å². The van der Waals surface area contributed by atoms with E-state index in [9.17, 15) is 13.2 Å². The molecule has 5 nitrogen and oxygen atoms in total. The zero-order chi connectivity index (χ0) is 23.5. The van der Waals surface area contributed by atoms with Crippen LogP contribution in [0.1, 0.15) is 55.9 Å². The molecule has 0 spiro atoms. The fourth-order valence-corrected chi connectivity index (χ4v) is 5.38. The Labute approximate surface area is 195 Å². The number of fused-ring (bicyclic) bond motifs is 1. The van der Waals surface area contributed by atoms with Crippen LogP contribution in [-0.4, -0.2) is 26.0 Å². The third-order valence-corrected chi connectivity index (χ3v) is 7.15. The van der Waals surface area contributed by atoms with E-state index in [4.69, 9.17) is 16.3 Å². The summed E-state index contributed by atoms with van der Waals surface area (Å²) in [5, 5.41) is 0.492. The van der Waals surface area contributed by atoms with Crippen LogP contribution in [0.2, 0.25) is 5.02 Å². The SMILES string of the molecule is C=Cc1cc(CCC(=O)OC(C)(C)C)c2c(c1)CC(NS(=O)(=O)c1ccc(Cl)cc1)CC2. The van der Waals surface area contributed by atoms with Gasteiger partial charge < -0.3 is 4.74 Å². The fourth-order valence-electron chi connectivity index (χ4n) is 3.99. The maximum Gasteiger partial charge on any atom is 0.306 e. The van der Waals surface area contributed by atoms with E-state index in [1.165, 1.54) is 17.7 Å². The first kappa shape index (κ1) is 24.5. The minimum absolute atomic E-state index is 0.200. The minimum atomic E-state index is -3.63. The monoisotopic (exact) mass is 475 g/mol. The number of hydrogen-bond donors (Lipinski definition) is 1. The number of sulfonamides is 1. The van der Waals surface area contributed by atoms with Crippen LogP contribution in [0, 0.1) is 0 Å². The van der Waals surface area contributed by atoms with Gasteiger partial charge in [-0.05, 0) is 93.0 Å². The summed E-state index contributed by atoms with van der Waals surface area (Å²) >= 11 is 5.88.